The molecule has 0 aliphatic carbocycles. The second kappa shape index (κ2) is 7.96. The van der Waals surface area contributed by atoms with E-state index in [0.717, 1.165) is 22.4 Å². The molecule has 1 aromatic heterocycles. The molecule has 3 aromatic rings. The molecule has 144 valence electrons. The van der Waals surface area contributed by atoms with Crippen LogP contribution < -0.4 is 10.1 Å². The third-order valence-corrected chi connectivity index (χ3v) is 4.32. The predicted octanol–water partition coefficient (Wildman–Crippen LogP) is 3.57. The number of carbonyl (C=O) groups is 2. The number of nitrogens with one attached hydrogen (secondary N) is 1. The Balaban J connectivity index is 1.73. The summed E-state index contributed by atoms with van der Waals surface area (Å²) < 4.78 is 7.09. The maximum atomic E-state index is 12.5. The van der Waals surface area contributed by atoms with Crippen molar-refractivity contribution in [2.45, 2.75) is 20.5 Å². The molecule has 7 nitrogen and oxygen atoms in total. The Labute approximate surface area is 162 Å². The van der Waals surface area contributed by atoms with Crippen LogP contribution in [-0.4, -0.2) is 26.8 Å². The van der Waals surface area contributed by atoms with E-state index < -0.39 is 11.9 Å². The van der Waals surface area contributed by atoms with Gasteiger partial charge in [-0.15, -0.1) is 0 Å². The Bertz CT molecular complexity index is 1040. The van der Waals surface area contributed by atoms with Gasteiger partial charge in [0, 0.05) is 12.6 Å². The maximum absolute atomic E-state index is 12.5. The Hall–Kier alpha value is -3.61. The van der Waals surface area contributed by atoms with Gasteiger partial charge in [-0.3, -0.25) is 9.48 Å². The SMILES string of the molecule is Cc1ccc(C)c(OCc2cccc(C(=O)Nc3cnn(C)c3C(=O)O)c2)c1. The first-order valence-electron chi connectivity index (χ1n) is 8.71. The fraction of sp³-hybridized carbons (Fsp3) is 0.190. The summed E-state index contributed by atoms with van der Waals surface area (Å²) in [7, 11) is 1.50. The molecular weight excluding hydrogens is 358 g/mol. The van der Waals surface area contributed by atoms with Crippen molar-refractivity contribution in [2.24, 2.45) is 7.05 Å². The predicted molar refractivity (Wildman–Crippen MR) is 105 cm³/mol. The largest absolute Gasteiger partial charge is 0.489 e. The highest BCUT2D eigenvalue weighted by atomic mass is 16.5. The van der Waals surface area contributed by atoms with Crippen LogP contribution in [0.2, 0.25) is 0 Å². The lowest BCUT2D eigenvalue weighted by Crippen LogP contribution is -2.15. The fourth-order valence-corrected chi connectivity index (χ4v) is 2.80. The second-order valence-corrected chi connectivity index (χ2v) is 6.55. The molecule has 0 aliphatic heterocycles. The zero-order valence-electron chi connectivity index (χ0n) is 15.9. The van der Waals surface area contributed by atoms with E-state index in [9.17, 15) is 14.7 Å². The second-order valence-electron chi connectivity index (χ2n) is 6.55. The number of aryl methyl sites for hydroxylation is 3. The number of anilines is 1. The molecule has 2 N–H and O–H groups in total. The smallest absolute Gasteiger partial charge is 0.356 e. The first-order chi connectivity index (χ1) is 13.3. The molecule has 1 heterocycles. The molecule has 0 atom stereocenters. The quantitative estimate of drug-likeness (QED) is 0.683. The van der Waals surface area contributed by atoms with E-state index in [4.69, 9.17) is 4.74 Å². The van der Waals surface area contributed by atoms with E-state index in [1.54, 1.807) is 18.2 Å². The molecule has 0 radical (unpaired) electrons. The summed E-state index contributed by atoms with van der Waals surface area (Å²) in [6.45, 7) is 4.30. The van der Waals surface area contributed by atoms with Gasteiger partial charge in [-0.1, -0.05) is 24.3 Å². The molecule has 0 fully saturated rings. The number of nitrogens with zero attached hydrogens (tertiary/aromatic N) is 2. The first-order valence-corrected chi connectivity index (χ1v) is 8.71. The highest BCUT2D eigenvalue weighted by Crippen LogP contribution is 2.21. The van der Waals surface area contributed by atoms with Crippen molar-refractivity contribution in [3.63, 3.8) is 0 Å². The number of carbonyl (C=O) groups excluding carboxylic acids is 1. The van der Waals surface area contributed by atoms with Crippen molar-refractivity contribution >= 4 is 17.6 Å². The molecule has 2 aromatic carbocycles. The van der Waals surface area contributed by atoms with Crippen LogP contribution in [0.4, 0.5) is 5.69 Å². The van der Waals surface area contributed by atoms with Crippen LogP contribution in [0.25, 0.3) is 0 Å². The van der Waals surface area contributed by atoms with E-state index in [0.29, 0.717) is 12.2 Å². The van der Waals surface area contributed by atoms with Crippen molar-refractivity contribution in [1.82, 2.24) is 9.78 Å². The zero-order chi connectivity index (χ0) is 20.3. The minimum absolute atomic E-state index is 0.0808. The van der Waals surface area contributed by atoms with E-state index in [1.165, 1.54) is 17.9 Å². The molecule has 1 amide bonds. The molecule has 0 aliphatic rings. The van der Waals surface area contributed by atoms with Gasteiger partial charge in [0.15, 0.2) is 5.69 Å². The average Bonchev–Trinajstić information content (AvgIpc) is 3.03. The van der Waals surface area contributed by atoms with Crippen LogP contribution in [0.3, 0.4) is 0 Å². The van der Waals surface area contributed by atoms with Crippen LogP contribution in [-0.2, 0) is 13.7 Å². The summed E-state index contributed by atoms with van der Waals surface area (Å²) in [6.07, 6.45) is 1.31. The van der Waals surface area contributed by atoms with E-state index in [2.05, 4.69) is 10.4 Å². The van der Waals surface area contributed by atoms with Gasteiger partial charge in [0.2, 0.25) is 0 Å². The lowest BCUT2D eigenvalue weighted by atomic mass is 10.1. The van der Waals surface area contributed by atoms with Gasteiger partial charge in [-0.2, -0.15) is 5.10 Å². The number of ether oxygens (including phenoxy) is 1. The van der Waals surface area contributed by atoms with Crippen molar-refractivity contribution in [3.8, 4) is 5.75 Å². The molecule has 0 unspecified atom stereocenters. The fourth-order valence-electron chi connectivity index (χ4n) is 2.80. The number of carboxylic acids is 1. The van der Waals surface area contributed by atoms with Crippen LogP contribution in [0, 0.1) is 13.8 Å². The maximum Gasteiger partial charge on any atom is 0.356 e. The topological polar surface area (TPSA) is 93.5 Å². The Morgan fingerprint density at radius 2 is 1.96 bits per heavy atom. The summed E-state index contributed by atoms with van der Waals surface area (Å²) in [4.78, 5) is 23.9. The summed E-state index contributed by atoms with van der Waals surface area (Å²) in [5, 5.41) is 15.7. The highest BCUT2D eigenvalue weighted by Gasteiger charge is 2.18. The van der Waals surface area contributed by atoms with Crippen molar-refractivity contribution < 1.29 is 19.4 Å². The minimum Gasteiger partial charge on any atom is -0.489 e. The number of benzene rings is 2. The Morgan fingerprint density at radius 3 is 2.71 bits per heavy atom. The van der Waals surface area contributed by atoms with Gasteiger partial charge < -0.3 is 15.2 Å². The molecule has 7 heteroatoms. The number of hydrogen-bond donors (Lipinski definition) is 2. The Kier molecular flexibility index (Phi) is 5.44. The number of amides is 1. The summed E-state index contributed by atoms with van der Waals surface area (Å²) >= 11 is 0. The average molecular weight is 379 g/mol. The van der Waals surface area contributed by atoms with E-state index in [-0.39, 0.29) is 11.4 Å². The normalized spacial score (nSPS) is 10.5. The molecule has 0 saturated carbocycles. The number of rotatable bonds is 6. The van der Waals surface area contributed by atoms with Gasteiger partial charge in [0.1, 0.15) is 12.4 Å². The van der Waals surface area contributed by atoms with Gasteiger partial charge in [0.05, 0.1) is 11.9 Å². The summed E-state index contributed by atoms with van der Waals surface area (Å²) in [6, 6.07) is 13.0. The van der Waals surface area contributed by atoms with Gasteiger partial charge in [-0.05, 0) is 48.7 Å². The standard InChI is InChI=1S/C21H21N3O4/c1-13-7-8-14(2)18(9-13)28-12-15-5-4-6-16(10-15)20(25)23-17-11-22-24(3)19(17)21(26)27/h4-11H,12H2,1-3H3,(H,23,25)(H,26,27). The Morgan fingerprint density at radius 1 is 1.18 bits per heavy atom. The van der Waals surface area contributed by atoms with Crippen molar-refractivity contribution in [1.29, 1.82) is 0 Å². The molecular formula is C21H21N3O4. The van der Waals surface area contributed by atoms with Crippen molar-refractivity contribution in [3.05, 3.63) is 76.6 Å². The van der Waals surface area contributed by atoms with Crippen LogP contribution in [0.5, 0.6) is 5.75 Å². The molecule has 3 rings (SSSR count). The van der Waals surface area contributed by atoms with Crippen LogP contribution in [0.1, 0.15) is 37.5 Å². The van der Waals surface area contributed by atoms with E-state index in [1.807, 2.05) is 38.1 Å². The lowest BCUT2D eigenvalue weighted by molar-refractivity contribution is 0.0686. The molecule has 0 saturated heterocycles. The molecule has 0 bridgehead atoms. The van der Waals surface area contributed by atoms with Gasteiger partial charge >= 0.3 is 5.97 Å². The highest BCUT2D eigenvalue weighted by molar-refractivity contribution is 6.07. The van der Waals surface area contributed by atoms with Crippen LogP contribution >= 0.6 is 0 Å². The number of carboxylic acid groups (broad SMARTS) is 1. The number of aromatic nitrogens is 2. The monoisotopic (exact) mass is 379 g/mol. The van der Waals surface area contributed by atoms with Crippen molar-refractivity contribution in [2.75, 3.05) is 5.32 Å². The molecule has 28 heavy (non-hydrogen) atoms. The van der Waals surface area contributed by atoms with Gasteiger partial charge in [0.25, 0.3) is 5.91 Å². The summed E-state index contributed by atoms with van der Waals surface area (Å²) in [5.74, 6) is -0.772. The zero-order valence-corrected chi connectivity index (χ0v) is 15.9. The molecule has 0 spiro atoms. The van der Waals surface area contributed by atoms with Crippen LogP contribution in [0.15, 0.2) is 48.7 Å². The first kappa shape index (κ1) is 19.2. The number of hydrogen-bond acceptors (Lipinski definition) is 4. The number of aromatic carboxylic acids is 1. The lowest BCUT2D eigenvalue weighted by Gasteiger charge is -2.11. The minimum atomic E-state index is -1.16. The third-order valence-electron chi connectivity index (χ3n) is 4.32. The third kappa shape index (κ3) is 4.20. The van der Waals surface area contributed by atoms with E-state index >= 15 is 0 Å². The summed E-state index contributed by atoms with van der Waals surface area (Å²) in [5.41, 5.74) is 3.46. The van der Waals surface area contributed by atoms with Gasteiger partial charge in [-0.25, -0.2) is 4.79 Å².